The summed E-state index contributed by atoms with van der Waals surface area (Å²) in [4.78, 5) is 25.1. The van der Waals surface area contributed by atoms with Gasteiger partial charge < -0.3 is 19.7 Å². The minimum Gasteiger partial charge on any atom is -0.489 e. The number of hydrogen-bond acceptors (Lipinski definition) is 4. The molecule has 26 heavy (non-hydrogen) atoms. The van der Waals surface area contributed by atoms with Crippen molar-refractivity contribution in [3.8, 4) is 5.75 Å². The van der Waals surface area contributed by atoms with Crippen molar-refractivity contribution in [1.29, 1.82) is 0 Å². The summed E-state index contributed by atoms with van der Waals surface area (Å²) < 4.78 is 24.0. The van der Waals surface area contributed by atoms with Gasteiger partial charge in [0.2, 0.25) is 0 Å². The Bertz CT molecular complexity index is 710. The van der Waals surface area contributed by atoms with Crippen molar-refractivity contribution in [2.24, 2.45) is 0 Å². The van der Waals surface area contributed by atoms with Crippen molar-refractivity contribution in [1.82, 2.24) is 10.2 Å². The zero-order chi connectivity index (χ0) is 19.3. The summed E-state index contributed by atoms with van der Waals surface area (Å²) in [5.41, 5.74) is 1.20. The van der Waals surface area contributed by atoms with Gasteiger partial charge in [0.25, 0.3) is 5.91 Å². The summed E-state index contributed by atoms with van der Waals surface area (Å²) in [5.74, 6) is 0.336. The number of amides is 2. The van der Waals surface area contributed by atoms with E-state index in [0.717, 1.165) is 12.0 Å². The molecule has 2 rings (SSSR count). The lowest BCUT2D eigenvalue weighted by atomic mass is 10.0. The van der Waals surface area contributed by atoms with Gasteiger partial charge >= 0.3 is 6.09 Å². The van der Waals surface area contributed by atoms with Crippen molar-refractivity contribution in [3.63, 3.8) is 0 Å². The van der Waals surface area contributed by atoms with E-state index in [1.165, 1.54) is 11.9 Å². The van der Waals surface area contributed by atoms with Crippen LogP contribution in [0.3, 0.4) is 0 Å². The molecule has 1 aliphatic rings. The fourth-order valence-corrected chi connectivity index (χ4v) is 2.48. The number of likely N-dealkylation sites (N-methyl/N-ethyl adjacent to an activating group) is 1. The first-order valence-electron chi connectivity index (χ1n) is 8.46. The first-order chi connectivity index (χ1) is 12.2. The zero-order valence-electron chi connectivity index (χ0n) is 15.6. The van der Waals surface area contributed by atoms with Crippen LogP contribution in [0.25, 0.3) is 0 Å². The summed E-state index contributed by atoms with van der Waals surface area (Å²) >= 11 is 0. The molecule has 2 amide bonds. The number of halogens is 1. The molecule has 0 spiro atoms. The quantitative estimate of drug-likeness (QED) is 0.872. The summed E-state index contributed by atoms with van der Waals surface area (Å²) in [6.45, 7) is 5.92. The van der Waals surface area contributed by atoms with E-state index in [1.54, 1.807) is 32.9 Å². The van der Waals surface area contributed by atoms with Gasteiger partial charge in [0.1, 0.15) is 18.0 Å². The zero-order valence-corrected chi connectivity index (χ0v) is 15.6. The molecule has 0 bridgehead atoms. The monoisotopic (exact) mass is 364 g/mol. The van der Waals surface area contributed by atoms with Crippen LogP contribution in [0.15, 0.2) is 30.1 Å². The lowest BCUT2D eigenvalue weighted by Crippen LogP contribution is -2.35. The van der Waals surface area contributed by atoms with Gasteiger partial charge in [-0.15, -0.1) is 0 Å². The molecule has 7 heteroatoms. The highest BCUT2D eigenvalue weighted by atomic mass is 19.1. The normalized spacial score (nSPS) is 14.3. The van der Waals surface area contributed by atoms with E-state index in [9.17, 15) is 14.0 Å². The average Bonchev–Trinajstić information content (AvgIpc) is 2.57. The molecule has 142 valence electrons. The fourth-order valence-electron chi connectivity index (χ4n) is 2.48. The van der Waals surface area contributed by atoms with Gasteiger partial charge in [-0.2, -0.15) is 0 Å². The second-order valence-corrected chi connectivity index (χ2v) is 7.22. The van der Waals surface area contributed by atoms with E-state index in [1.807, 2.05) is 6.07 Å². The Morgan fingerprint density at radius 3 is 2.77 bits per heavy atom. The molecule has 0 saturated carbocycles. The third-order valence-electron chi connectivity index (χ3n) is 3.73. The molecule has 0 radical (unpaired) electrons. The van der Waals surface area contributed by atoms with Gasteiger partial charge in [0.15, 0.2) is 0 Å². The van der Waals surface area contributed by atoms with Crippen molar-refractivity contribution in [2.75, 3.05) is 26.7 Å². The van der Waals surface area contributed by atoms with E-state index in [4.69, 9.17) is 9.47 Å². The third-order valence-corrected chi connectivity index (χ3v) is 3.73. The number of rotatable bonds is 5. The van der Waals surface area contributed by atoms with Crippen molar-refractivity contribution >= 4 is 12.0 Å². The highest BCUT2D eigenvalue weighted by molar-refractivity contribution is 5.97. The largest absolute Gasteiger partial charge is 0.489 e. The molecule has 0 aliphatic carbocycles. The standard InChI is InChI=1S/C19H25FN2O4/c1-19(2,3)26-18(24)22(4)11-13(10-20)12-25-15-6-5-14-7-8-21-17(23)16(14)9-15/h5-6,9-10H,7-8,11-12H2,1-4H3,(H,21,23)/b13-10+. The Morgan fingerprint density at radius 1 is 1.38 bits per heavy atom. The number of benzene rings is 1. The minimum atomic E-state index is -0.620. The van der Waals surface area contributed by atoms with E-state index in [-0.39, 0.29) is 24.6 Å². The molecule has 1 aliphatic heterocycles. The maximum absolute atomic E-state index is 13.2. The van der Waals surface area contributed by atoms with E-state index in [0.29, 0.717) is 24.2 Å². The van der Waals surface area contributed by atoms with Crippen LogP contribution < -0.4 is 10.1 Å². The van der Waals surface area contributed by atoms with Crippen molar-refractivity contribution in [3.05, 3.63) is 41.2 Å². The summed E-state index contributed by atoms with van der Waals surface area (Å²) in [5, 5.41) is 2.77. The lowest BCUT2D eigenvalue weighted by Gasteiger charge is -2.25. The van der Waals surface area contributed by atoms with Gasteiger partial charge in [-0.05, 0) is 44.9 Å². The number of ether oxygens (including phenoxy) is 2. The van der Waals surface area contributed by atoms with Crippen LogP contribution in [0.4, 0.5) is 9.18 Å². The van der Waals surface area contributed by atoms with Crippen LogP contribution in [-0.4, -0.2) is 49.2 Å². The van der Waals surface area contributed by atoms with Crippen molar-refractivity contribution < 1.29 is 23.5 Å². The first-order valence-corrected chi connectivity index (χ1v) is 8.46. The molecule has 0 fully saturated rings. The Hall–Kier alpha value is -2.57. The van der Waals surface area contributed by atoms with E-state index >= 15 is 0 Å². The van der Waals surface area contributed by atoms with Crippen LogP contribution in [0, 0.1) is 0 Å². The van der Waals surface area contributed by atoms with E-state index < -0.39 is 11.7 Å². The van der Waals surface area contributed by atoms with Crippen LogP contribution in [0.1, 0.15) is 36.7 Å². The SMILES string of the molecule is CN(C/C(=C\F)COc1ccc2c(c1)C(=O)NCC2)C(=O)OC(C)(C)C. The fraction of sp³-hybridized carbons (Fsp3) is 0.474. The summed E-state index contributed by atoms with van der Waals surface area (Å²) in [7, 11) is 1.53. The number of nitrogens with one attached hydrogen (secondary N) is 1. The smallest absolute Gasteiger partial charge is 0.410 e. The molecule has 0 atom stereocenters. The van der Waals surface area contributed by atoms with Crippen LogP contribution in [0.5, 0.6) is 5.75 Å². The average molecular weight is 364 g/mol. The number of fused-ring (bicyclic) bond motifs is 1. The molecule has 0 aromatic heterocycles. The molecule has 1 aromatic rings. The maximum Gasteiger partial charge on any atom is 0.410 e. The van der Waals surface area contributed by atoms with Gasteiger partial charge in [-0.3, -0.25) is 4.79 Å². The molecule has 1 heterocycles. The molecular formula is C19H25FN2O4. The predicted octanol–water partition coefficient (Wildman–Crippen LogP) is 3.07. The summed E-state index contributed by atoms with van der Waals surface area (Å²) in [6.07, 6.45) is 0.659. The number of hydrogen-bond donors (Lipinski definition) is 1. The molecule has 0 unspecified atom stereocenters. The van der Waals surface area contributed by atoms with Gasteiger partial charge in [-0.25, -0.2) is 9.18 Å². The van der Waals surface area contributed by atoms with Gasteiger partial charge in [0.05, 0.1) is 12.9 Å². The predicted molar refractivity (Wildman–Crippen MR) is 96.0 cm³/mol. The second-order valence-electron chi connectivity index (χ2n) is 7.22. The van der Waals surface area contributed by atoms with Crippen LogP contribution >= 0.6 is 0 Å². The molecule has 0 saturated heterocycles. The van der Waals surface area contributed by atoms with Gasteiger partial charge in [0, 0.05) is 24.7 Å². The highest BCUT2D eigenvalue weighted by Crippen LogP contribution is 2.21. The topological polar surface area (TPSA) is 67.9 Å². The van der Waals surface area contributed by atoms with Crippen LogP contribution in [0.2, 0.25) is 0 Å². The lowest BCUT2D eigenvalue weighted by molar-refractivity contribution is 0.0310. The minimum absolute atomic E-state index is 0.0377. The molecule has 1 N–H and O–H groups in total. The Labute approximate surface area is 153 Å². The Balaban J connectivity index is 1.94. The molecule has 6 nitrogen and oxygen atoms in total. The maximum atomic E-state index is 13.2. The number of carbonyl (C=O) groups is 2. The van der Waals surface area contributed by atoms with Crippen molar-refractivity contribution in [2.45, 2.75) is 32.8 Å². The number of carbonyl (C=O) groups excluding carboxylic acids is 2. The highest BCUT2D eigenvalue weighted by Gasteiger charge is 2.21. The Kier molecular flexibility index (Phi) is 6.23. The number of nitrogens with zero attached hydrogens (tertiary/aromatic N) is 1. The third kappa shape index (κ3) is 5.47. The molecule has 1 aromatic carbocycles. The Morgan fingerprint density at radius 2 is 2.12 bits per heavy atom. The first kappa shape index (κ1) is 19.8. The second kappa shape index (κ2) is 8.21. The molecular weight excluding hydrogens is 339 g/mol. The summed E-state index contributed by atoms with van der Waals surface area (Å²) in [6, 6.07) is 5.25. The van der Waals surface area contributed by atoms with E-state index in [2.05, 4.69) is 5.32 Å². The van der Waals surface area contributed by atoms with Crippen LogP contribution in [-0.2, 0) is 11.2 Å². The van der Waals surface area contributed by atoms with Gasteiger partial charge in [-0.1, -0.05) is 6.07 Å².